The maximum absolute atomic E-state index is 13.1. The van der Waals surface area contributed by atoms with Crippen LogP contribution in [0.2, 0.25) is 0 Å². The molecule has 2 aromatic rings. The lowest BCUT2D eigenvalue weighted by atomic mass is 10.0. The number of benzene rings is 2. The highest BCUT2D eigenvalue weighted by molar-refractivity contribution is 6.20. The normalized spacial score (nSPS) is 15.3. The summed E-state index contributed by atoms with van der Waals surface area (Å²) in [7, 11) is 1.70. The Morgan fingerprint density at radius 3 is 2.21 bits per heavy atom. The van der Waals surface area contributed by atoms with Crippen LogP contribution in [-0.2, 0) is 14.4 Å². The molecule has 3 rings (SSSR count). The van der Waals surface area contributed by atoms with Gasteiger partial charge in [0, 0.05) is 31.0 Å². The molecular weight excluding hydrogens is 420 g/mol. The second-order valence-corrected chi connectivity index (χ2v) is 8.03. The number of para-hydroxylation sites is 1. The fourth-order valence-corrected chi connectivity index (χ4v) is 3.82. The zero-order chi connectivity index (χ0) is 23.6. The summed E-state index contributed by atoms with van der Waals surface area (Å²) in [5.74, 6) is -0.891. The summed E-state index contributed by atoms with van der Waals surface area (Å²) in [6.07, 6.45) is 3.56. The number of rotatable bonds is 10. The van der Waals surface area contributed by atoms with Gasteiger partial charge in [-0.3, -0.25) is 19.6 Å². The van der Waals surface area contributed by atoms with Gasteiger partial charge in [-0.05, 0) is 18.9 Å². The van der Waals surface area contributed by atoms with E-state index in [9.17, 15) is 14.4 Å². The summed E-state index contributed by atoms with van der Waals surface area (Å²) in [6.45, 7) is 0. The number of likely N-dealkylation sites (N-methyl/N-ethyl adjacent to an activating group) is 1. The number of nitrogens with zero attached hydrogens (tertiary/aromatic N) is 2. The third kappa shape index (κ3) is 6.49. The van der Waals surface area contributed by atoms with Crippen molar-refractivity contribution in [1.29, 1.82) is 0 Å². The SMILES string of the molecule is CN1C(=O)C(NC(=O)CCCCCCCC(=O)NO)N=C(c2ccccc2)c2ccccc21. The molecule has 3 N–H and O–H groups in total. The Bertz CT molecular complexity index is 1010. The molecule has 1 heterocycles. The Kier molecular flexibility index (Phi) is 8.71. The van der Waals surface area contributed by atoms with Gasteiger partial charge in [-0.1, -0.05) is 67.8 Å². The molecule has 2 aromatic carbocycles. The highest BCUT2D eigenvalue weighted by Gasteiger charge is 2.30. The van der Waals surface area contributed by atoms with E-state index in [0.29, 0.717) is 31.4 Å². The summed E-state index contributed by atoms with van der Waals surface area (Å²) in [5, 5.41) is 11.3. The monoisotopic (exact) mass is 450 g/mol. The molecule has 0 saturated carbocycles. The predicted octanol–water partition coefficient (Wildman–Crippen LogP) is 3.18. The van der Waals surface area contributed by atoms with Gasteiger partial charge in [0.2, 0.25) is 18.0 Å². The molecule has 0 spiro atoms. The summed E-state index contributed by atoms with van der Waals surface area (Å²) in [6, 6.07) is 17.2. The van der Waals surface area contributed by atoms with Crippen molar-refractivity contribution >= 4 is 29.1 Å². The molecule has 8 heteroatoms. The maximum Gasteiger partial charge on any atom is 0.272 e. The highest BCUT2D eigenvalue weighted by Crippen LogP contribution is 2.27. The van der Waals surface area contributed by atoms with Crippen LogP contribution in [0, 0.1) is 0 Å². The predicted molar refractivity (Wildman–Crippen MR) is 126 cm³/mol. The summed E-state index contributed by atoms with van der Waals surface area (Å²) in [4.78, 5) is 42.9. The van der Waals surface area contributed by atoms with E-state index in [4.69, 9.17) is 5.21 Å². The van der Waals surface area contributed by atoms with Crippen molar-refractivity contribution in [3.63, 3.8) is 0 Å². The minimum absolute atomic E-state index is 0.219. The van der Waals surface area contributed by atoms with Crippen molar-refractivity contribution < 1.29 is 19.6 Å². The maximum atomic E-state index is 13.1. The summed E-state index contributed by atoms with van der Waals surface area (Å²) >= 11 is 0. The molecule has 33 heavy (non-hydrogen) atoms. The molecule has 0 fully saturated rings. The number of unbranched alkanes of at least 4 members (excludes halogenated alkanes) is 4. The van der Waals surface area contributed by atoms with Crippen molar-refractivity contribution in [2.75, 3.05) is 11.9 Å². The smallest absolute Gasteiger partial charge is 0.272 e. The first kappa shape index (κ1) is 24.1. The van der Waals surface area contributed by atoms with Crippen molar-refractivity contribution in [1.82, 2.24) is 10.8 Å². The fraction of sp³-hybridized carbons (Fsp3) is 0.360. The lowest BCUT2D eigenvalue weighted by molar-refractivity contribution is -0.129. The Morgan fingerprint density at radius 2 is 1.52 bits per heavy atom. The zero-order valence-corrected chi connectivity index (χ0v) is 18.8. The van der Waals surface area contributed by atoms with Gasteiger partial charge in [0.1, 0.15) is 0 Å². The molecular formula is C25H30N4O4. The second kappa shape index (κ2) is 11.9. The van der Waals surface area contributed by atoms with Crippen molar-refractivity contribution in [2.24, 2.45) is 4.99 Å². The number of hydroxylamine groups is 1. The van der Waals surface area contributed by atoms with Gasteiger partial charge in [0.05, 0.1) is 11.4 Å². The number of carbonyl (C=O) groups excluding carboxylic acids is 3. The second-order valence-electron chi connectivity index (χ2n) is 8.03. The number of carbonyl (C=O) groups is 3. The molecule has 0 radical (unpaired) electrons. The third-order valence-electron chi connectivity index (χ3n) is 5.62. The van der Waals surface area contributed by atoms with Crippen LogP contribution in [-0.4, -0.2) is 41.9 Å². The van der Waals surface area contributed by atoms with Crippen LogP contribution in [0.15, 0.2) is 59.6 Å². The quantitative estimate of drug-likeness (QED) is 0.293. The number of anilines is 1. The highest BCUT2D eigenvalue weighted by atomic mass is 16.5. The minimum Gasteiger partial charge on any atom is -0.327 e. The number of hydrogen-bond acceptors (Lipinski definition) is 5. The van der Waals surface area contributed by atoms with Gasteiger partial charge < -0.3 is 10.2 Å². The topological polar surface area (TPSA) is 111 Å². The lowest BCUT2D eigenvalue weighted by Gasteiger charge is -2.20. The summed E-state index contributed by atoms with van der Waals surface area (Å²) in [5.41, 5.74) is 4.75. The van der Waals surface area contributed by atoms with E-state index >= 15 is 0 Å². The van der Waals surface area contributed by atoms with Crippen molar-refractivity contribution in [2.45, 2.75) is 51.1 Å². The molecule has 8 nitrogen and oxygen atoms in total. The Hall–Kier alpha value is -3.52. The largest absolute Gasteiger partial charge is 0.327 e. The fourth-order valence-electron chi connectivity index (χ4n) is 3.82. The van der Waals surface area contributed by atoms with Crippen LogP contribution < -0.4 is 15.7 Å². The van der Waals surface area contributed by atoms with Gasteiger partial charge in [0.25, 0.3) is 5.91 Å². The van der Waals surface area contributed by atoms with E-state index in [1.54, 1.807) is 17.4 Å². The van der Waals surface area contributed by atoms with Gasteiger partial charge in [0.15, 0.2) is 0 Å². The van der Waals surface area contributed by atoms with Crippen molar-refractivity contribution in [3.8, 4) is 0 Å². The number of nitrogens with one attached hydrogen (secondary N) is 2. The van der Waals surface area contributed by atoms with Crippen LogP contribution in [0.3, 0.4) is 0 Å². The van der Waals surface area contributed by atoms with Gasteiger partial charge in [-0.2, -0.15) is 0 Å². The van der Waals surface area contributed by atoms with Gasteiger partial charge >= 0.3 is 0 Å². The Morgan fingerprint density at radius 1 is 0.909 bits per heavy atom. The van der Waals surface area contributed by atoms with E-state index in [1.807, 2.05) is 54.6 Å². The van der Waals surface area contributed by atoms with Gasteiger partial charge in [-0.15, -0.1) is 0 Å². The van der Waals surface area contributed by atoms with Crippen molar-refractivity contribution in [3.05, 3.63) is 65.7 Å². The molecule has 3 amide bonds. The first-order valence-electron chi connectivity index (χ1n) is 11.2. The van der Waals surface area contributed by atoms with E-state index in [1.165, 1.54) is 0 Å². The zero-order valence-electron chi connectivity index (χ0n) is 18.8. The molecule has 1 atom stereocenters. The van der Waals surface area contributed by atoms with E-state index in [0.717, 1.165) is 36.1 Å². The van der Waals surface area contributed by atoms with E-state index < -0.39 is 6.17 Å². The molecule has 1 aliphatic rings. The molecule has 174 valence electrons. The molecule has 0 bridgehead atoms. The van der Waals surface area contributed by atoms with E-state index in [-0.39, 0.29) is 17.7 Å². The van der Waals surface area contributed by atoms with Gasteiger partial charge in [-0.25, -0.2) is 10.5 Å². The standard InChI is InChI=1S/C25H30N4O4/c1-29-20-15-11-10-14-19(20)23(18-12-6-5-7-13-18)27-24(25(29)32)26-21(30)16-8-3-2-4-9-17-22(31)28-33/h5-7,10-15,24,33H,2-4,8-9,16-17H2,1H3,(H,26,30)(H,28,31). The third-order valence-corrected chi connectivity index (χ3v) is 5.62. The Labute approximate surface area is 193 Å². The van der Waals surface area contributed by atoms with E-state index in [2.05, 4.69) is 10.3 Å². The Balaban J connectivity index is 1.63. The molecule has 1 aliphatic heterocycles. The van der Waals surface area contributed by atoms with Crippen LogP contribution in [0.25, 0.3) is 0 Å². The lowest BCUT2D eigenvalue weighted by Crippen LogP contribution is -2.46. The molecule has 0 saturated heterocycles. The van der Waals surface area contributed by atoms with Crippen LogP contribution in [0.5, 0.6) is 0 Å². The number of benzodiazepines with no additional fused rings is 1. The molecule has 0 aromatic heterocycles. The van der Waals surface area contributed by atoms with Crippen LogP contribution in [0.4, 0.5) is 5.69 Å². The average molecular weight is 451 g/mol. The first-order valence-corrected chi connectivity index (χ1v) is 11.2. The minimum atomic E-state index is -0.998. The average Bonchev–Trinajstić information content (AvgIpc) is 2.94. The summed E-state index contributed by atoms with van der Waals surface area (Å²) < 4.78 is 0. The molecule has 0 aliphatic carbocycles. The number of fused-ring (bicyclic) bond motifs is 1. The number of amides is 3. The first-order chi connectivity index (χ1) is 16.0. The van der Waals surface area contributed by atoms with Crippen LogP contribution in [0.1, 0.15) is 56.1 Å². The number of aliphatic imine (C=N–C) groups is 1. The van der Waals surface area contributed by atoms with Crippen LogP contribution >= 0.6 is 0 Å². The molecule has 1 unspecified atom stereocenters. The number of hydrogen-bond donors (Lipinski definition) is 3.